The zero-order chi connectivity index (χ0) is 17.2. The normalized spacial score (nSPS) is 19.2. The molecular weight excluding hydrogens is 340 g/mol. The summed E-state index contributed by atoms with van der Waals surface area (Å²) >= 11 is 1.74. The van der Waals surface area contributed by atoms with E-state index in [2.05, 4.69) is 4.98 Å². The molecule has 3 heterocycles. The van der Waals surface area contributed by atoms with Crippen LogP contribution >= 0.6 is 11.8 Å². The Labute approximate surface area is 150 Å². The molecule has 2 aliphatic rings. The molecule has 0 radical (unpaired) electrons. The molecule has 7 heteroatoms. The van der Waals surface area contributed by atoms with Crippen LogP contribution in [-0.4, -0.2) is 35.4 Å². The second-order valence-electron chi connectivity index (χ2n) is 5.81. The molecule has 1 unspecified atom stereocenters. The summed E-state index contributed by atoms with van der Waals surface area (Å²) in [6, 6.07) is 7.74. The van der Waals surface area contributed by atoms with Gasteiger partial charge in [0.1, 0.15) is 5.37 Å². The number of hydrogen-bond acceptors (Lipinski definition) is 6. The van der Waals surface area contributed by atoms with Gasteiger partial charge in [0.15, 0.2) is 11.5 Å². The number of carbonyl (C=O) groups is 1. The first kappa shape index (κ1) is 16.1. The smallest absolute Gasteiger partial charge is 0.231 e. The van der Waals surface area contributed by atoms with E-state index in [1.54, 1.807) is 31.3 Å². The third kappa shape index (κ3) is 3.11. The van der Waals surface area contributed by atoms with Crippen molar-refractivity contribution >= 4 is 17.7 Å². The SMILES string of the molecule is COc1cc(C2SCCC(=O)N2Cc2cccnc2)cc2c1OCO2. The summed E-state index contributed by atoms with van der Waals surface area (Å²) in [5.74, 6) is 2.85. The fourth-order valence-corrected chi connectivity index (χ4v) is 4.27. The number of fused-ring (bicyclic) bond motifs is 1. The molecule has 2 aliphatic heterocycles. The van der Waals surface area contributed by atoms with Gasteiger partial charge in [-0.2, -0.15) is 0 Å². The number of rotatable bonds is 4. The average Bonchev–Trinajstić information content (AvgIpc) is 3.12. The Morgan fingerprint density at radius 3 is 3.12 bits per heavy atom. The van der Waals surface area contributed by atoms with Crippen molar-refractivity contribution in [2.24, 2.45) is 0 Å². The van der Waals surface area contributed by atoms with Crippen molar-refractivity contribution in [2.45, 2.75) is 18.3 Å². The fraction of sp³-hybridized carbons (Fsp3) is 0.333. The standard InChI is InChI=1S/C18H18N2O4S/c1-22-14-7-13(8-15-17(14)24-11-23-15)18-20(16(21)4-6-25-18)10-12-3-2-5-19-9-12/h2-3,5,7-9,18H,4,6,10-11H2,1H3. The van der Waals surface area contributed by atoms with Crippen molar-refractivity contribution in [3.63, 3.8) is 0 Å². The number of amides is 1. The zero-order valence-corrected chi connectivity index (χ0v) is 14.6. The molecule has 0 spiro atoms. The summed E-state index contributed by atoms with van der Waals surface area (Å²) in [6.45, 7) is 0.715. The van der Waals surface area contributed by atoms with Gasteiger partial charge in [0.05, 0.1) is 7.11 Å². The lowest BCUT2D eigenvalue weighted by Gasteiger charge is -2.35. The molecule has 1 aromatic heterocycles. The summed E-state index contributed by atoms with van der Waals surface area (Å²) in [6.07, 6.45) is 4.07. The van der Waals surface area contributed by atoms with Crippen molar-refractivity contribution in [3.05, 3.63) is 47.8 Å². The number of benzene rings is 1. The molecule has 1 atom stereocenters. The van der Waals surface area contributed by atoms with Crippen molar-refractivity contribution < 1.29 is 19.0 Å². The number of methoxy groups -OCH3 is 1. The number of nitrogens with zero attached hydrogens (tertiary/aromatic N) is 2. The molecule has 1 fully saturated rings. The molecule has 0 saturated carbocycles. The maximum Gasteiger partial charge on any atom is 0.231 e. The maximum absolute atomic E-state index is 12.6. The molecule has 4 rings (SSSR count). The lowest BCUT2D eigenvalue weighted by molar-refractivity contribution is -0.132. The third-order valence-electron chi connectivity index (χ3n) is 4.24. The zero-order valence-electron chi connectivity index (χ0n) is 13.8. The molecule has 1 amide bonds. The predicted octanol–water partition coefficient (Wildman–Crippen LogP) is 2.98. The summed E-state index contributed by atoms with van der Waals surface area (Å²) in [4.78, 5) is 18.6. The van der Waals surface area contributed by atoms with E-state index >= 15 is 0 Å². The van der Waals surface area contributed by atoms with Crippen LogP contribution in [0.1, 0.15) is 22.9 Å². The van der Waals surface area contributed by atoms with E-state index in [0.717, 1.165) is 16.9 Å². The Balaban J connectivity index is 1.68. The van der Waals surface area contributed by atoms with Gasteiger partial charge in [0.25, 0.3) is 0 Å². The molecule has 0 bridgehead atoms. The van der Waals surface area contributed by atoms with E-state index in [0.29, 0.717) is 30.2 Å². The van der Waals surface area contributed by atoms with Gasteiger partial charge in [-0.05, 0) is 29.3 Å². The molecule has 6 nitrogen and oxygen atoms in total. The van der Waals surface area contributed by atoms with Crippen LogP contribution in [0.15, 0.2) is 36.7 Å². The second kappa shape index (κ2) is 6.84. The van der Waals surface area contributed by atoms with E-state index in [-0.39, 0.29) is 18.1 Å². The molecule has 25 heavy (non-hydrogen) atoms. The number of aromatic nitrogens is 1. The molecule has 1 saturated heterocycles. The summed E-state index contributed by atoms with van der Waals surface area (Å²) < 4.78 is 16.4. The molecular formula is C18H18N2O4S. The average molecular weight is 358 g/mol. The third-order valence-corrected chi connectivity index (χ3v) is 5.52. The minimum Gasteiger partial charge on any atom is -0.493 e. The van der Waals surface area contributed by atoms with Crippen LogP contribution in [0.3, 0.4) is 0 Å². The highest BCUT2D eigenvalue weighted by atomic mass is 32.2. The summed E-state index contributed by atoms with van der Waals surface area (Å²) in [5, 5.41) is -0.0927. The van der Waals surface area contributed by atoms with Crippen LogP contribution in [0.25, 0.3) is 0 Å². The van der Waals surface area contributed by atoms with Crippen molar-refractivity contribution in [1.29, 1.82) is 0 Å². The molecule has 2 aromatic rings. The highest BCUT2D eigenvalue weighted by Crippen LogP contribution is 2.47. The van der Waals surface area contributed by atoms with Crippen molar-refractivity contribution in [2.75, 3.05) is 19.7 Å². The monoisotopic (exact) mass is 358 g/mol. The van der Waals surface area contributed by atoms with E-state index in [1.165, 1.54) is 0 Å². The van der Waals surface area contributed by atoms with Gasteiger partial charge in [0.2, 0.25) is 18.4 Å². The first-order valence-electron chi connectivity index (χ1n) is 8.04. The number of thioether (sulfide) groups is 1. The topological polar surface area (TPSA) is 60.9 Å². The first-order valence-corrected chi connectivity index (χ1v) is 9.08. The van der Waals surface area contributed by atoms with Crippen molar-refractivity contribution in [1.82, 2.24) is 9.88 Å². The van der Waals surface area contributed by atoms with Crippen LogP contribution in [-0.2, 0) is 11.3 Å². The van der Waals surface area contributed by atoms with E-state index < -0.39 is 0 Å². The minimum absolute atomic E-state index is 0.0927. The number of pyridine rings is 1. The quantitative estimate of drug-likeness (QED) is 0.837. The van der Waals surface area contributed by atoms with Crippen molar-refractivity contribution in [3.8, 4) is 17.2 Å². The van der Waals surface area contributed by atoms with Gasteiger partial charge >= 0.3 is 0 Å². The van der Waals surface area contributed by atoms with Crippen LogP contribution in [0, 0.1) is 0 Å². The van der Waals surface area contributed by atoms with E-state index in [4.69, 9.17) is 14.2 Å². The number of carbonyl (C=O) groups excluding carboxylic acids is 1. The predicted molar refractivity (Wildman–Crippen MR) is 93.7 cm³/mol. The largest absolute Gasteiger partial charge is 0.493 e. The Bertz CT molecular complexity index is 784. The summed E-state index contributed by atoms with van der Waals surface area (Å²) in [7, 11) is 1.60. The van der Waals surface area contributed by atoms with Crippen LogP contribution in [0.5, 0.6) is 17.2 Å². The minimum atomic E-state index is -0.0927. The van der Waals surface area contributed by atoms with Gasteiger partial charge < -0.3 is 19.1 Å². The summed E-state index contributed by atoms with van der Waals surface area (Å²) in [5.41, 5.74) is 1.99. The van der Waals surface area contributed by atoms with Gasteiger partial charge in [0, 0.05) is 31.1 Å². The lowest BCUT2D eigenvalue weighted by Crippen LogP contribution is -2.36. The van der Waals surface area contributed by atoms with Gasteiger partial charge in [-0.1, -0.05) is 6.07 Å². The number of hydrogen-bond donors (Lipinski definition) is 0. The Hall–Kier alpha value is -2.41. The fourth-order valence-electron chi connectivity index (χ4n) is 3.05. The van der Waals surface area contributed by atoms with Crippen LogP contribution < -0.4 is 14.2 Å². The molecule has 1 aromatic carbocycles. The van der Waals surface area contributed by atoms with E-state index in [9.17, 15) is 4.79 Å². The van der Waals surface area contributed by atoms with Gasteiger partial charge in [-0.25, -0.2) is 0 Å². The molecule has 130 valence electrons. The molecule has 0 N–H and O–H groups in total. The van der Waals surface area contributed by atoms with Gasteiger partial charge in [-0.15, -0.1) is 11.8 Å². The van der Waals surface area contributed by atoms with E-state index in [1.807, 2.05) is 29.2 Å². The Morgan fingerprint density at radius 2 is 2.32 bits per heavy atom. The Kier molecular flexibility index (Phi) is 4.40. The highest BCUT2D eigenvalue weighted by molar-refractivity contribution is 7.99. The highest BCUT2D eigenvalue weighted by Gasteiger charge is 2.32. The number of ether oxygens (including phenoxy) is 3. The van der Waals surface area contributed by atoms with Gasteiger partial charge in [-0.3, -0.25) is 9.78 Å². The van der Waals surface area contributed by atoms with Crippen LogP contribution in [0.4, 0.5) is 0 Å². The second-order valence-corrected chi connectivity index (χ2v) is 7.00. The lowest BCUT2D eigenvalue weighted by atomic mass is 10.1. The first-order chi connectivity index (χ1) is 12.3. The van der Waals surface area contributed by atoms with Crippen LogP contribution in [0.2, 0.25) is 0 Å². The maximum atomic E-state index is 12.6. The Morgan fingerprint density at radius 1 is 1.40 bits per heavy atom. The molecule has 0 aliphatic carbocycles.